The maximum absolute atomic E-state index is 5.57. The van der Waals surface area contributed by atoms with Crippen LogP contribution in [0.15, 0.2) is 24.4 Å². The smallest absolute Gasteiger partial charge is 0.119 e. The van der Waals surface area contributed by atoms with Crippen LogP contribution in [0.2, 0.25) is 0 Å². The Hall–Kier alpha value is -1.92. The molecule has 6 heteroatoms. The Bertz CT molecular complexity index is 483. The molecule has 0 aliphatic heterocycles. The van der Waals surface area contributed by atoms with Crippen LogP contribution in [-0.2, 0) is 0 Å². The highest BCUT2D eigenvalue weighted by Crippen LogP contribution is 2.25. The Kier molecular flexibility index (Phi) is 3.36. The van der Waals surface area contributed by atoms with Gasteiger partial charge in [0, 0.05) is 0 Å². The number of aromatic amines is 1. The Morgan fingerprint density at radius 3 is 2.82 bits per heavy atom. The quantitative estimate of drug-likeness (QED) is 0.533. The average molecular weight is 233 g/mol. The molecule has 0 saturated heterocycles. The van der Waals surface area contributed by atoms with Gasteiger partial charge in [-0.1, -0.05) is 6.07 Å². The predicted molar refractivity (Wildman–Crippen MR) is 63.3 cm³/mol. The molecule has 0 fully saturated rings. The summed E-state index contributed by atoms with van der Waals surface area (Å²) in [5.41, 5.74) is 5.61. The van der Waals surface area contributed by atoms with Crippen LogP contribution in [-0.4, -0.2) is 22.5 Å². The molecule has 1 aromatic carbocycles. The summed E-state index contributed by atoms with van der Waals surface area (Å²) in [6.45, 7) is 2.00. The van der Waals surface area contributed by atoms with Gasteiger partial charge in [-0.3, -0.25) is 5.84 Å². The van der Waals surface area contributed by atoms with Crippen LogP contribution in [0.25, 0.3) is 0 Å². The van der Waals surface area contributed by atoms with Crippen LogP contribution < -0.4 is 16.0 Å². The number of hydrazine groups is 1. The highest BCUT2D eigenvalue weighted by molar-refractivity contribution is 5.39. The van der Waals surface area contributed by atoms with Gasteiger partial charge in [-0.2, -0.15) is 15.4 Å². The Morgan fingerprint density at radius 1 is 1.47 bits per heavy atom. The van der Waals surface area contributed by atoms with Gasteiger partial charge in [-0.25, -0.2) is 5.43 Å². The molecule has 17 heavy (non-hydrogen) atoms. The standard InChI is InChI=1S/C11H15N5O/c1-7-5-8(17-2)3-4-9(7)11(14-12)10-6-13-16-15-10/h3-6,11,14H,12H2,1-2H3,(H,13,15,16). The van der Waals surface area contributed by atoms with E-state index in [1.807, 2.05) is 25.1 Å². The van der Waals surface area contributed by atoms with Crippen molar-refractivity contribution in [3.63, 3.8) is 0 Å². The summed E-state index contributed by atoms with van der Waals surface area (Å²) in [4.78, 5) is 0. The van der Waals surface area contributed by atoms with Crippen molar-refractivity contribution in [3.8, 4) is 5.75 Å². The van der Waals surface area contributed by atoms with Crippen LogP contribution in [0.1, 0.15) is 22.9 Å². The van der Waals surface area contributed by atoms with E-state index in [2.05, 4.69) is 20.8 Å². The summed E-state index contributed by atoms with van der Waals surface area (Å²) >= 11 is 0. The summed E-state index contributed by atoms with van der Waals surface area (Å²) in [6.07, 6.45) is 1.65. The molecule has 90 valence electrons. The van der Waals surface area contributed by atoms with Crippen molar-refractivity contribution in [1.82, 2.24) is 20.8 Å². The van der Waals surface area contributed by atoms with Crippen LogP contribution in [0.5, 0.6) is 5.75 Å². The highest BCUT2D eigenvalue weighted by Gasteiger charge is 2.17. The third-order valence-corrected chi connectivity index (χ3v) is 2.68. The van der Waals surface area contributed by atoms with Crippen LogP contribution in [0.3, 0.4) is 0 Å². The molecule has 1 heterocycles. The second-order valence-corrected chi connectivity index (χ2v) is 3.72. The highest BCUT2D eigenvalue weighted by atomic mass is 16.5. The zero-order valence-electron chi connectivity index (χ0n) is 9.77. The monoisotopic (exact) mass is 233 g/mol. The first kappa shape index (κ1) is 11.6. The third-order valence-electron chi connectivity index (χ3n) is 2.68. The van der Waals surface area contributed by atoms with Crippen molar-refractivity contribution >= 4 is 0 Å². The molecule has 2 aromatic rings. The van der Waals surface area contributed by atoms with Gasteiger partial charge in [-0.15, -0.1) is 0 Å². The first-order valence-corrected chi connectivity index (χ1v) is 5.22. The zero-order chi connectivity index (χ0) is 12.3. The molecule has 0 amide bonds. The largest absolute Gasteiger partial charge is 0.497 e. The third kappa shape index (κ3) is 2.27. The second-order valence-electron chi connectivity index (χ2n) is 3.72. The van der Waals surface area contributed by atoms with Crippen molar-refractivity contribution in [2.45, 2.75) is 13.0 Å². The first-order chi connectivity index (χ1) is 8.26. The van der Waals surface area contributed by atoms with Crippen LogP contribution in [0.4, 0.5) is 0 Å². The molecule has 6 nitrogen and oxygen atoms in total. The number of nitrogens with zero attached hydrogens (tertiary/aromatic N) is 2. The van der Waals surface area contributed by atoms with Crippen LogP contribution >= 0.6 is 0 Å². The molecule has 0 aliphatic rings. The summed E-state index contributed by atoms with van der Waals surface area (Å²) in [7, 11) is 1.64. The van der Waals surface area contributed by atoms with E-state index < -0.39 is 0 Å². The van der Waals surface area contributed by atoms with Gasteiger partial charge in [0.15, 0.2) is 0 Å². The molecule has 1 atom stereocenters. The van der Waals surface area contributed by atoms with Gasteiger partial charge in [0.25, 0.3) is 0 Å². The minimum atomic E-state index is -0.181. The lowest BCUT2D eigenvalue weighted by atomic mass is 9.99. The Morgan fingerprint density at radius 2 is 2.29 bits per heavy atom. The number of nitrogens with one attached hydrogen (secondary N) is 2. The van der Waals surface area contributed by atoms with Gasteiger partial charge >= 0.3 is 0 Å². The lowest BCUT2D eigenvalue weighted by Gasteiger charge is -2.16. The molecular formula is C11H15N5O. The molecule has 0 radical (unpaired) electrons. The number of methoxy groups -OCH3 is 1. The summed E-state index contributed by atoms with van der Waals surface area (Å²) in [5, 5.41) is 10.4. The Balaban J connectivity index is 2.38. The van der Waals surface area contributed by atoms with Gasteiger partial charge in [0.1, 0.15) is 11.4 Å². The molecule has 0 aliphatic carbocycles. The van der Waals surface area contributed by atoms with Crippen molar-refractivity contribution in [1.29, 1.82) is 0 Å². The van der Waals surface area contributed by atoms with E-state index in [4.69, 9.17) is 10.6 Å². The van der Waals surface area contributed by atoms with Crippen molar-refractivity contribution in [2.75, 3.05) is 7.11 Å². The normalized spacial score (nSPS) is 12.4. The molecule has 0 spiro atoms. The first-order valence-electron chi connectivity index (χ1n) is 5.22. The fourth-order valence-electron chi connectivity index (χ4n) is 1.78. The minimum absolute atomic E-state index is 0.181. The maximum atomic E-state index is 5.57. The number of benzene rings is 1. The fourth-order valence-corrected chi connectivity index (χ4v) is 1.78. The van der Waals surface area contributed by atoms with Gasteiger partial charge in [-0.05, 0) is 30.2 Å². The molecule has 1 unspecified atom stereocenters. The molecule has 0 bridgehead atoms. The summed E-state index contributed by atoms with van der Waals surface area (Å²) in [5.74, 6) is 6.39. The number of rotatable bonds is 4. The SMILES string of the molecule is COc1ccc(C(NN)c2cn[nH]n2)c(C)c1. The molecule has 2 rings (SSSR count). The zero-order valence-corrected chi connectivity index (χ0v) is 9.77. The number of H-pyrrole nitrogens is 1. The van der Waals surface area contributed by atoms with E-state index in [9.17, 15) is 0 Å². The summed E-state index contributed by atoms with van der Waals surface area (Å²) in [6, 6.07) is 5.64. The van der Waals surface area contributed by atoms with Gasteiger partial charge < -0.3 is 4.74 Å². The molecule has 0 saturated carbocycles. The average Bonchev–Trinajstić information content (AvgIpc) is 2.85. The second kappa shape index (κ2) is 4.94. The summed E-state index contributed by atoms with van der Waals surface area (Å²) < 4.78 is 5.17. The number of hydrogen-bond acceptors (Lipinski definition) is 5. The number of nitrogens with two attached hydrogens (primary N) is 1. The van der Waals surface area contributed by atoms with Crippen molar-refractivity contribution in [3.05, 3.63) is 41.2 Å². The van der Waals surface area contributed by atoms with Gasteiger partial charge in [0.2, 0.25) is 0 Å². The minimum Gasteiger partial charge on any atom is -0.497 e. The van der Waals surface area contributed by atoms with Crippen molar-refractivity contribution < 1.29 is 4.74 Å². The number of ether oxygens (including phenoxy) is 1. The maximum Gasteiger partial charge on any atom is 0.119 e. The number of hydrogen-bond donors (Lipinski definition) is 3. The van der Waals surface area contributed by atoms with E-state index in [-0.39, 0.29) is 6.04 Å². The van der Waals surface area contributed by atoms with E-state index in [1.165, 1.54) is 0 Å². The molecular weight excluding hydrogens is 218 g/mol. The molecule has 4 N–H and O–H groups in total. The van der Waals surface area contributed by atoms with Crippen molar-refractivity contribution in [2.24, 2.45) is 5.84 Å². The fraction of sp³-hybridized carbons (Fsp3) is 0.273. The van der Waals surface area contributed by atoms with E-state index in [1.54, 1.807) is 13.3 Å². The van der Waals surface area contributed by atoms with Gasteiger partial charge in [0.05, 0.1) is 19.3 Å². The number of aromatic nitrogens is 3. The Labute approximate surface area is 99.1 Å². The molecule has 1 aromatic heterocycles. The lowest BCUT2D eigenvalue weighted by molar-refractivity contribution is 0.414. The topological polar surface area (TPSA) is 88.9 Å². The number of aryl methyl sites for hydroxylation is 1. The van der Waals surface area contributed by atoms with E-state index in [0.29, 0.717) is 0 Å². The van der Waals surface area contributed by atoms with E-state index in [0.717, 1.165) is 22.6 Å². The van der Waals surface area contributed by atoms with E-state index >= 15 is 0 Å². The predicted octanol–water partition coefficient (Wildman–Crippen LogP) is 0.674. The van der Waals surface area contributed by atoms with Crippen LogP contribution in [0, 0.1) is 6.92 Å². The lowest BCUT2D eigenvalue weighted by Crippen LogP contribution is -2.29.